The minimum Gasteiger partial charge on any atom is -0.356 e. The number of hydrogen-bond donors (Lipinski definition) is 2. The summed E-state index contributed by atoms with van der Waals surface area (Å²) < 4.78 is 0. The monoisotopic (exact) mass is 357 g/mol. The lowest BCUT2D eigenvalue weighted by Gasteiger charge is -2.20. The lowest BCUT2D eigenvalue weighted by molar-refractivity contribution is 0.648. The third-order valence-corrected chi connectivity index (χ3v) is 4.64. The van der Waals surface area contributed by atoms with Gasteiger partial charge in [-0.25, -0.2) is 4.98 Å². The summed E-state index contributed by atoms with van der Waals surface area (Å²) in [4.78, 5) is 10.9. The number of nitrogens with one attached hydrogen (secondary N) is 2. The third kappa shape index (κ3) is 4.86. The van der Waals surface area contributed by atoms with Crippen molar-refractivity contribution >= 4 is 23.4 Å². The van der Waals surface area contributed by atoms with Crippen LogP contribution in [0.25, 0.3) is 0 Å². The van der Waals surface area contributed by atoms with E-state index in [1.54, 1.807) is 13.2 Å². The number of nitrogens with zero attached hydrogens (tertiary/aromatic N) is 3. The Kier molecular flexibility index (Phi) is 6.12. The maximum Gasteiger partial charge on any atom is 0.191 e. The molecule has 5 nitrogen and oxygen atoms in total. The van der Waals surface area contributed by atoms with E-state index in [1.807, 2.05) is 18.2 Å². The van der Waals surface area contributed by atoms with Crippen LogP contribution in [0.15, 0.2) is 53.7 Å². The first-order valence-electron chi connectivity index (χ1n) is 8.63. The fourth-order valence-corrected chi connectivity index (χ4v) is 3.28. The van der Waals surface area contributed by atoms with Crippen molar-refractivity contribution in [2.45, 2.75) is 18.9 Å². The molecule has 2 aromatic rings. The molecule has 2 N–H and O–H groups in total. The van der Waals surface area contributed by atoms with Crippen LogP contribution in [0, 0.1) is 0 Å². The number of halogens is 1. The summed E-state index contributed by atoms with van der Waals surface area (Å²) in [6.45, 7) is 2.66. The second-order valence-corrected chi connectivity index (χ2v) is 6.53. The van der Waals surface area contributed by atoms with Gasteiger partial charge in [0.15, 0.2) is 5.96 Å². The van der Waals surface area contributed by atoms with Crippen LogP contribution in [0.1, 0.15) is 12.0 Å². The summed E-state index contributed by atoms with van der Waals surface area (Å²) >= 11 is 6.25. The Bertz CT molecular complexity index is 704. The molecular formula is C19H24ClN5. The van der Waals surface area contributed by atoms with Gasteiger partial charge in [-0.05, 0) is 30.5 Å². The Morgan fingerprint density at radius 1 is 1.28 bits per heavy atom. The average Bonchev–Trinajstić information content (AvgIpc) is 3.10. The zero-order chi connectivity index (χ0) is 17.5. The van der Waals surface area contributed by atoms with Gasteiger partial charge in [-0.1, -0.05) is 41.9 Å². The number of hydrogen-bond acceptors (Lipinski definition) is 3. The van der Waals surface area contributed by atoms with Crippen LogP contribution in [-0.2, 0) is 6.42 Å². The lowest BCUT2D eigenvalue weighted by Crippen LogP contribution is -2.45. The highest BCUT2D eigenvalue weighted by Gasteiger charge is 2.25. The Balaban J connectivity index is 1.47. The molecule has 1 unspecified atom stereocenters. The Morgan fingerprint density at radius 2 is 2.12 bits per heavy atom. The van der Waals surface area contributed by atoms with Crippen LogP contribution in [0.5, 0.6) is 0 Å². The van der Waals surface area contributed by atoms with Crippen molar-refractivity contribution in [2.24, 2.45) is 4.99 Å². The summed E-state index contributed by atoms with van der Waals surface area (Å²) in [5.41, 5.74) is 1.32. The number of anilines is 1. The van der Waals surface area contributed by atoms with Gasteiger partial charge in [-0.15, -0.1) is 0 Å². The van der Waals surface area contributed by atoms with E-state index < -0.39 is 0 Å². The molecule has 132 valence electrons. The van der Waals surface area contributed by atoms with E-state index >= 15 is 0 Å². The summed E-state index contributed by atoms with van der Waals surface area (Å²) in [5.74, 6) is 1.70. The number of aliphatic imine (C=N–C) groups is 1. The zero-order valence-corrected chi connectivity index (χ0v) is 15.2. The van der Waals surface area contributed by atoms with E-state index in [0.717, 1.165) is 44.3 Å². The van der Waals surface area contributed by atoms with Gasteiger partial charge in [-0.2, -0.15) is 0 Å². The first-order valence-corrected chi connectivity index (χ1v) is 9.00. The van der Waals surface area contributed by atoms with Gasteiger partial charge < -0.3 is 15.5 Å². The maximum absolute atomic E-state index is 6.25. The molecule has 6 heteroatoms. The number of aromatic nitrogens is 1. The largest absolute Gasteiger partial charge is 0.356 e. The van der Waals surface area contributed by atoms with Gasteiger partial charge in [0.05, 0.1) is 5.02 Å². The summed E-state index contributed by atoms with van der Waals surface area (Å²) in [6, 6.07) is 14.5. The van der Waals surface area contributed by atoms with E-state index in [0.29, 0.717) is 11.1 Å². The molecule has 3 rings (SSSR count). The molecular weight excluding hydrogens is 334 g/mol. The smallest absolute Gasteiger partial charge is 0.191 e. The Hall–Kier alpha value is -2.27. The van der Waals surface area contributed by atoms with Crippen LogP contribution < -0.4 is 15.5 Å². The Morgan fingerprint density at radius 3 is 2.88 bits per heavy atom. The molecule has 1 aliphatic rings. The number of pyridine rings is 1. The number of rotatable bonds is 5. The minimum absolute atomic E-state index is 0.334. The van der Waals surface area contributed by atoms with Crippen LogP contribution in [-0.4, -0.2) is 43.7 Å². The molecule has 1 atom stereocenters. The average molecular weight is 358 g/mol. The first-order chi connectivity index (χ1) is 12.3. The van der Waals surface area contributed by atoms with Gasteiger partial charge in [0.1, 0.15) is 5.82 Å². The highest BCUT2D eigenvalue weighted by molar-refractivity contribution is 6.32. The van der Waals surface area contributed by atoms with E-state index in [9.17, 15) is 0 Å². The minimum atomic E-state index is 0.334. The fraction of sp³-hybridized carbons (Fsp3) is 0.368. The number of guanidine groups is 1. The number of benzene rings is 1. The normalized spacial score (nSPS) is 17.6. The van der Waals surface area contributed by atoms with Crippen molar-refractivity contribution in [3.05, 3.63) is 59.2 Å². The van der Waals surface area contributed by atoms with Gasteiger partial charge in [0.2, 0.25) is 0 Å². The molecule has 1 aromatic carbocycles. The van der Waals surface area contributed by atoms with Gasteiger partial charge in [0.25, 0.3) is 0 Å². The lowest BCUT2D eigenvalue weighted by atomic mass is 10.1. The van der Waals surface area contributed by atoms with Crippen molar-refractivity contribution in [1.29, 1.82) is 0 Å². The van der Waals surface area contributed by atoms with Crippen molar-refractivity contribution in [1.82, 2.24) is 15.6 Å². The molecule has 0 radical (unpaired) electrons. The highest BCUT2D eigenvalue weighted by atomic mass is 35.5. The molecule has 0 aliphatic carbocycles. The van der Waals surface area contributed by atoms with Crippen molar-refractivity contribution in [2.75, 3.05) is 31.6 Å². The van der Waals surface area contributed by atoms with E-state index in [-0.39, 0.29) is 0 Å². The molecule has 25 heavy (non-hydrogen) atoms. The molecule has 0 saturated carbocycles. The summed E-state index contributed by atoms with van der Waals surface area (Å²) in [5, 5.41) is 7.59. The van der Waals surface area contributed by atoms with Crippen molar-refractivity contribution in [3.63, 3.8) is 0 Å². The molecule has 1 aliphatic heterocycles. The van der Waals surface area contributed by atoms with E-state index in [4.69, 9.17) is 11.6 Å². The van der Waals surface area contributed by atoms with Crippen LogP contribution in [0.3, 0.4) is 0 Å². The van der Waals surface area contributed by atoms with Crippen LogP contribution in [0.4, 0.5) is 5.82 Å². The van der Waals surface area contributed by atoms with Crippen LogP contribution in [0.2, 0.25) is 5.02 Å². The topological polar surface area (TPSA) is 52.6 Å². The van der Waals surface area contributed by atoms with Gasteiger partial charge in [0, 0.05) is 38.9 Å². The zero-order valence-electron chi connectivity index (χ0n) is 14.5. The SMILES string of the molecule is CN=C(NCCc1ccccc1)NC1CCN(c2ncccc2Cl)C1. The van der Waals surface area contributed by atoms with Crippen molar-refractivity contribution < 1.29 is 0 Å². The van der Waals surface area contributed by atoms with Crippen LogP contribution >= 0.6 is 11.6 Å². The summed E-state index contributed by atoms with van der Waals surface area (Å²) in [6.07, 6.45) is 3.79. The van der Waals surface area contributed by atoms with Gasteiger partial charge >= 0.3 is 0 Å². The predicted molar refractivity (Wildman–Crippen MR) is 105 cm³/mol. The standard InChI is InChI=1S/C19H24ClN5/c1-21-19(23-12-9-15-6-3-2-4-7-15)24-16-10-13-25(14-16)18-17(20)8-5-11-22-18/h2-8,11,16H,9-10,12-14H2,1H3,(H2,21,23,24). The van der Waals surface area contributed by atoms with E-state index in [2.05, 4.69) is 49.8 Å². The third-order valence-electron chi connectivity index (χ3n) is 4.34. The molecule has 0 spiro atoms. The second-order valence-electron chi connectivity index (χ2n) is 6.12. The van der Waals surface area contributed by atoms with Crippen molar-refractivity contribution in [3.8, 4) is 0 Å². The summed E-state index contributed by atoms with van der Waals surface area (Å²) in [7, 11) is 1.81. The molecule has 1 saturated heterocycles. The molecule has 0 amide bonds. The quantitative estimate of drug-likeness (QED) is 0.638. The molecule has 0 bridgehead atoms. The Labute approximate surface area is 154 Å². The molecule has 1 fully saturated rings. The molecule has 2 heterocycles. The second kappa shape index (κ2) is 8.72. The predicted octanol–water partition coefficient (Wildman–Crippen LogP) is 2.72. The first kappa shape index (κ1) is 17.5. The van der Waals surface area contributed by atoms with Gasteiger partial charge in [-0.3, -0.25) is 4.99 Å². The fourth-order valence-electron chi connectivity index (χ4n) is 3.04. The van der Waals surface area contributed by atoms with E-state index in [1.165, 1.54) is 5.56 Å². The highest BCUT2D eigenvalue weighted by Crippen LogP contribution is 2.25. The molecule has 1 aromatic heterocycles. The maximum atomic E-state index is 6.25.